The molecule has 0 spiro atoms. The third kappa shape index (κ3) is 3.15. The summed E-state index contributed by atoms with van der Waals surface area (Å²) in [7, 11) is -0.515. The maximum absolute atomic E-state index is 12.4. The van der Waals surface area contributed by atoms with Gasteiger partial charge in [0.1, 0.15) is 4.90 Å². The highest BCUT2D eigenvalue weighted by Crippen LogP contribution is 2.17. The zero-order valence-corrected chi connectivity index (χ0v) is 12.2. The Bertz CT molecular complexity index is 655. The Kier molecular flexibility index (Phi) is 4.36. The average molecular weight is 292 g/mol. The van der Waals surface area contributed by atoms with E-state index in [9.17, 15) is 8.42 Å². The molecule has 106 valence electrons. The number of nitrogens with zero attached hydrogens (tertiary/aromatic N) is 2. The van der Waals surface area contributed by atoms with E-state index in [0.29, 0.717) is 12.4 Å². The van der Waals surface area contributed by atoms with E-state index >= 15 is 0 Å². The lowest BCUT2D eigenvalue weighted by molar-refractivity contribution is 0.397. The predicted molar refractivity (Wildman–Crippen MR) is 75.9 cm³/mol. The van der Waals surface area contributed by atoms with Crippen molar-refractivity contribution in [1.82, 2.24) is 9.29 Å². The van der Waals surface area contributed by atoms with Crippen LogP contribution in [0.1, 0.15) is 5.56 Å². The molecule has 1 aromatic carbocycles. The topological polar surface area (TPSA) is 59.5 Å². The summed E-state index contributed by atoms with van der Waals surface area (Å²) >= 11 is 0. The maximum Gasteiger partial charge on any atom is 0.244 e. The Labute approximate surface area is 118 Å². The molecule has 1 aromatic heterocycles. The highest BCUT2D eigenvalue weighted by Gasteiger charge is 2.21. The van der Waals surface area contributed by atoms with E-state index in [1.807, 2.05) is 30.3 Å². The van der Waals surface area contributed by atoms with Crippen molar-refractivity contribution in [2.45, 2.75) is 11.4 Å². The van der Waals surface area contributed by atoms with Gasteiger partial charge in [-0.3, -0.25) is 0 Å². The quantitative estimate of drug-likeness (QED) is 0.844. The number of ether oxygens (including phenoxy) is 1. The Balaban J connectivity index is 2.20. The van der Waals surface area contributed by atoms with Gasteiger partial charge in [0, 0.05) is 19.7 Å². The van der Waals surface area contributed by atoms with Crippen molar-refractivity contribution < 1.29 is 13.2 Å². The van der Waals surface area contributed by atoms with Crippen LogP contribution in [0, 0.1) is 0 Å². The molecule has 1 heterocycles. The van der Waals surface area contributed by atoms with Crippen LogP contribution in [0.5, 0.6) is 5.88 Å². The van der Waals surface area contributed by atoms with Crippen molar-refractivity contribution in [2.75, 3.05) is 14.2 Å². The first kappa shape index (κ1) is 14.5. The molecule has 0 saturated carbocycles. The van der Waals surface area contributed by atoms with Crippen LogP contribution in [-0.4, -0.2) is 31.9 Å². The molecule has 0 unspecified atom stereocenters. The first-order chi connectivity index (χ1) is 9.54. The van der Waals surface area contributed by atoms with Gasteiger partial charge in [-0.2, -0.15) is 4.31 Å². The number of methoxy groups -OCH3 is 1. The lowest BCUT2D eigenvalue weighted by atomic mass is 10.2. The van der Waals surface area contributed by atoms with Crippen molar-refractivity contribution >= 4 is 10.0 Å². The van der Waals surface area contributed by atoms with Crippen molar-refractivity contribution in [1.29, 1.82) is 0 Å². The summed E-state index contributed by atoms with van der Waals surface area (Å²) in [4.78, 5) is 4.07. The minimum atomic E-state index is -3.55. The number of rotatable bonds is 5. The fraction of sp³-hybridized carbons (Fsp3) is 0.214. The summed E-state index contributed by atoms with van der Waals surface area (Å²) in [5.41, 5.74) is 0.931. The van der Waals surface area contributed by atoms with E-state index in [-0.39, 0.29) is 4.90 Å². The molecule has 20 heavy (non-hydrogen) atoms. The molecule has 0 fully saturated rings. The van der Waals surface area contributed by atoms with Crippen LogP contribution in [-0.2, 0) is 16.6 Å². The normalized spacial score (nSPS) is 11.6. The molecule has 6 heteroatoms. The molecule has 2 aromatic rings. The second-order valence-electron chi connectivity index (χ2n) is 4.28. The molecule has 0 radical (unpaired) electrons. The van der Waals surface area contributed by atoms with Gasteiger partial charge in [-0.15, -0.1) is 0 Å². The van der Waals surface area contributed by atoms with Gasteiger partial charge in [0.2, 0.25) is 15.9 Å². The Morgan fingerprint density at radius 3 is 2.40 bits per heavy atom. The first-order valence-electron chi connectivity index (χ1n) is 6.04. The summed E-state index contributed by atoms with van der Waals surface area (Å²) in [5, 5.41) is 0. The summed E-state index contributed by atoms with van der Waals surface area (Å²) in [5.74, 6) is 0.384. The molecule has 0 saturated heterocycles. The monoisotopic (exact) mass is 292 g/mol. The van der Waals surface area contributed by atoms with Gasteiger partial charge < -0.3 is 4.74 Å². The third-order valence-electron chi connectivity index (χ3n) is 2.87. The lowest BCUT2D eigenvalue weighted by Crippen LogP contribution is -2.26. The van der Waals surface area contributed by atoms with E-state index < -0.39 is 10.0 Å². The van der Waals surface area contributed by atoms with Crippen LogP contribution in [0.4, 0.5) is 0 Å². The number of pyridine rings is 1. The van der Waals surface area contributed by atoms with E-state index in [2.05, 4.69) is 4.98 Å². The van der Waals surface area contributed by atoms with E-state index in [0.717, 1.165) is 5.56 Å². The number of hydrogen-bond acceptors (Lipinski definition) is 4. The second kappa shape index (κ2) is 6.02. The van der Waals surface area contributed by atoms with Gasteiger partial charge in [-0.1, -0.05) is 30.3 Å². The van der Waals surface area contributed by atoms with Crippen LogP contribution in [0.3, 0.4) is 0 Å². The molecular weight excluding hydrogens is 276 g/mol. The SMILES string of the molecule is COc1ccc(S(=O)(=O)N(C)Cc2ccccc2)cn1. The average Bonchev–Trinajstić information content (AvgIpc) is 2.48. The van der Waals surface area contributed by atoms with Gasteiger partial charge >= 0.3 is 0 Å². The maximum atomic E-state index is 12.4. The molecule has 0 aliphatic carbocycles. The fourth-order valence-corrected chi connectivity index (χ4v) is 2.85. The standard InChI is InChI=1S/C14H16N2O3S/c1-16(11-12-6-4-3-5-7-12)20(17,18)13-8-9-14(19-2)15-10-13/h3-10H,11H2,1-2H3. The van der Waals surface area contributed by atoms with Crippen molar-refractivity contribution in [3.05, 3.63) is 54.2 Å². The Hall–Kier alpha value is -1.92. The number of sulfonamides is 1. The molecule has 0 aliphatic rings. The molecule has 0 N–H and O–H groups in total. The molecule has 0 atom stereocenters. The van der Waals surface area contributed by atoms with Gasteiger partial charge in [-0.05, 0) is 11.6 Å². The lowest BCUT2D eigenvalue weighted by Gasteiger charge is -2.17. The summed E-state index contributed by atoms with van der Waals surface area (Å²) in [6.07, 6.45) is 1.30. The van der Waals surface area contributed by atoms with Crippen LogP contribution < -0.4 is 4.74 Å². The third-order valence-corrected chi connectivity index (χ3v) is 4.66. The zero-order valence-electron chi connectivity index (χ0n) is 11.4. The highest BCUT2D eigenvalue weighted by atomic mass is 32.2. The van der Waals surface area contributed by atoms with Crippen molar-refractivity contribution in [2.24, 2.45) is 0 Å². The summed E-state index contributed by atoms with van der Waals surface area (Å²) in [6, 6.07) is 12.4. The van der Waals surface area contributed by atoms with Gasteiger partial charge in [-0.25, -0.2) is 13.4 Å². The minimum Gasteiger partial charge on any atom is -0.481 e. The zero-order chi connectivity index (χ0) is 14.6. The first-order valence-corrected chi connectivity index (χ1v) is 7.48. The van der Waals surface area contributed by atoms with Crippen LogP contribution in [0.15, 0.2) is 53.6 Å². The molecule has 5 nitrogen and oxygen atoms in total. The van der Waals surface area contributed by atoms with E-state index in [1.165, 1.54) is 29.7 Å². The summed E-state index contributed by atoms with van der Waals surface area (Å²) in [6.45, 7) is 0.315. The molecule has 2 rings (SSSR count). The molecule has 0 bridgehead atoms. The van der Waals surface area contributed by atoms with Crippen molar-refractivity contribution in [3.63, 3.8) is 0 Å². The van der Waals surface area contributed by atoms with Crippen LogP contribution in [0.25, 0.3) is 0 Å². The molecule has 0 aliphatic heterocycles. The van der Waals surface area contributed by atoms with Crippen LogP contribution in [0.2, 0.25) is 0 Å². The van der Waals surface area contributed by atoms with Crippen LogP contribution >= 0.6 is 0 Å². The van der Waals surface area contributed by atoms with E-state index in [4.69, 9.17) is 4.74 Å². The van der Waals surface area contributed by atoms with Gasteiger partial charge in [0.05, 0.1) is 13.3 Å². The highest BCUT2D eigenvalue weighted by molar-refractivity contribution is 7.89. The Morgan fingerprint density at radius 1 is 1.15 bits per heavy atom. The van der Waals surface area contributed by atoms with Gasteiger partial charge in [0.25, 0.3) is 0 Å². The smallest absolute Gasteiger partial charge is 0.244 e. The van der Waals surface area contributed by atoms with E-state index in [1.54, 1.807) is 7.05 Å². The molecular formula is C14H16N2O3S. The second-order valence-corrected chi connectivity index (χ2v) is 6.33. The largest absolute Gasteiger partial charge is 0.481 e. The van der Waals surface area contributed by atoms with Gasteiger partial charge in [0.15, 0.2) is 0 Å². The fourth-order valence-electron chi connectivity index (χ4n) is 1.75. The number of hydrogen-bond donors (Lipinski definition) is 0. The van der Waals surface area contributed by atoms with Crippen molar-refractivity contribution in [3.8, 4) is 5.88 Å². The predicted octanol–water partition coefficient (Wildman–Crippen LogP) is 1.91. The number of benzene rings is 1. The Morgan fingerprint density at radius 2 is 1.85 bits per heavy atom. The number of aromatic nitrogens is 1. The minimum absolute atomic E-state index is 0.150. The molecule has 0 amide bonds. The summed E-state index contributed by atoms with van der Waals surface area (Å²) < 4.78 is 31.0.